The highest BCUT2D eigenvalue weighted by Gasteiger charge is 2.38. The van der Waals surface area contributed by atoms with Crippen molar-refractivity contribution in [2.75, 3.05) is 13.7 Å². The van der Waals surface area contributed by atoms with Crippen LogP contribution in [0.2, 0.25) is 0 Å². The molecule has 0 amide bonds. The Morgan fingerprint density at radius 2 is 1.81 bits per heavy atom. The van der Waals surface area contributed by atoms with Crippen molar-refractivity contribution in [2.24, 2.45) is 0 Å². The zero-order chi connectivity index (χ0) is 23.5. The quantitative estimate of drug-likeness (QED) is 0.556. The van der Waals surface area contributed by atoms with Gasteiger partial charge in [-0.25, -0.2) is 4.79 Å². The number of carboxylic acids is 2. The van der Waals surface area contributed by atoms with Crippen molar-refractivity contribution in [3.63, 3.8) is 0 Å². The van der Waals surface area contributed by atoms with E-state index in [2.05, 4.69) is 4.98 Å². The van der Waals surface area contributed by atoms with Gasteiger partial charge >= 0.3 is 18.1 Å². The third-order valence-corrected chi connectivity index (χ3v) is 5.14. The first-order valence-electron chi connectivity index (χ1n) is 9.61. The molecule has 0 aliphatic carbocycles. The van der Waals surface area contributed by atoms with Gasteiger partial charge in [0.2, 0.25) is 0 Å². The molecular weight excluding hydrogens is 429 g/mol. The number of nitrogens with zero attached hydrogens (tertiary/aromatic N) is 1. The van der Waals surface area contributed by atoms with Crippen molar-refractivity contribution >= 4 is 22.8 Å². The molecule has 32 heavy (non-hydrogen) atoms. The fourth-order valence-electron chi connectivity index (χ4n) is 3.71. The van der Waals surface area contributed by atoms with E-state index in [1.54, 1.807) is 7.11 Å². The van der Waals surface area contributed by atoms with Crippen molar-refractivity contribution < 1.29 is 37.7 Å². The first-order chi connectivity index (χ1) is 15.1. The minimum atomic E-state index is -5.08. The summed E-state index contributed by atoms with van der Waals surface area (Å²) in [5.41, 5.74) is 3.96. The summed E-state index contributed by atoms with van der Waals surface area (Å²) in [6.07, 6.45) is -4.26. The minimum Gasteiger partial charge on any atom is -0.497 e. The Kier molecular flexibility index (Phi) is 6.73. The Morgan fingerprint density at radius 1 is 1.16 bits per heavy atom. The molecule has 0 saturated carbocycles. The molecule has 3 N–H and O–H groups in total. The van der Waals surface area contributed by atoms with Crippen LogP contribution in [0.1, 0.15) is 22.9 Å². The number of fused-ring (bicyclic) bond motifs is 3. The number of benzene rings is 2. The maximum absolute atomic E-state index is 12.0. The number of hydrogen-bond acceptors (Lipinski definition) is 4. The predicted molar refractivity (Wildman–Crippen MR) is 109 cm³/mol. The number of aromatic nitrogens is 1. The van der Waals surface area contributed by atoms with Gasteiger partial charge in [0.05, 0.1) is 7.11 Å². The van der Waals surface area contributed by atoms with Crippen LogP contribution in [0.5, 0.6) is 5.75 Å². The number of alkyl halides is 3. The van der Waals surface area contributed by atoms with Crippen molar-refractivity contribution in [3.05, 3.63) is 65.4 Å². The van der Waals surface area contributed by atoms with E-state index in [1.165, 1.54) is 0 Å². The molecule has 3 aromatic rings. The molecule has 170 valence electrons. The van der Waals surface area contributed by atoms with Crippen LogP contribution >= 0.6 is 0 Å². The molecule has 0 spiro atoms. The lowest BCUT2D eigenvalue weighted by Crippen LogP contribution is -2.39. The smallest absolute Gasteiger partial charge is 0.490 e. The summed E-state index contributed by atoms with van der Waals surface area (Å²) >= 11 is 0. The molecule has 10 heteroatoms. The van der Waals surface area contributed by atoms with Crippen molar-refractivity contribution in [1.82, 2.24) is 9.88 Å². The molecule has 1 unspecified atom stereocenters. The lowest BCUT2D eigenvalue weighted by atomic mass is 9.96. The van der Waals surface area contributed by atoms with Gasteiger partial charge in [0.25, 0.3) is 0 Å². The molecule has 0 fully saturated rings. The van der Waals surface area contributed by atoms with Gasteiger partial charge in [0, 0.05) is 29.7 Å². The van der Waals surface area contributed by atoms with Crippen molar-refractivity contribution in [3.8, 4) is 5.75 Å². The van der Waals surface area contributed by atoms with Crippen molar-refractivity contribution in [2.45, 2.75) is 25.2 Å². The van der Waals surface area contributed by atoms with E-state index in [1.807, 2.05) is 53.4 Å². The molecule has 1 atom stereocenters. The molecule has 4 rings (SSSR count). The van der Waals surface area contributed by atoms with Gasteiger partial charge in [-0.15, -0.1) is 0 Å². The van der Waals surface area contributed by atoms with Crippen LogP contribution in [-0.2, 0) is 22.6 Å². The molecule has 1 aromatic heterocycles. The zero-order valence-electron chi connectivity index (χ0n) is 17.0. The van der Waals surface area contributed by atoms with Crippen LogP contribution in [0, 0.1) is 0 Å². The Hall–Kier alpha value is -3.53. The molecule has 1 aliphatic rings. The highest BCUT2D eigenvalue weighted by molar-refractivity contribution is 5.89. The number of rotatable bonds is 4. The summed E-state index contributed by atoms with van der Waals surface area (Å²) in [7, 11) is 1.64. The second kappa shape index (κ2) is 9.31. The van der Waals surface area contributed by atoms with Gasteiger partial charge in [-0.3, -0.25) is 9.69 Å². The lowest BCUT2D eigenvalue weighted by molar-refractivity contribution is -0.192. The number of hydrogen-bond donors (Lipinski definition) is 3. The summed E-state index contributed by atoms with van der Waals surface area (Å²) in [5.74, 6) is -2.80. The van der Waals surface area contributed by atoms with Gasteiger partial charge < -0.3 is 19.9 Å². The average molecular weight is 450 g/mol. The van der Waals surface area contributed by atoms with Gasteiger partial charge in [-0.1, -0.05) is 30.3 Å². The molecule has 0 saturated heterocycles. The van der Waals surface area contributed by atoms with Crippen LogP contribution in [-0.4, -0.2) is 51.9 Å². The summed E-state index contributed by atoms with van der Waals surface area (Å²) in [4.78, 5) is 26.3. The van der Waals surface area contributed by atoms with E-state index in [9.17, 15) is 23.1 Å². The number of aromatic amines is 1. The molecule has 2 heterocycles. The fourth-order valence-corrected chi connectivity index (χ4v) is 3.71. The first-order valence-corrected chi connectivity index (χ1v) is 9.61. The maximum Gasteiger partial charge on any atom is 0.490 e. The summed E-state index contributed by atoms with van der Waals surface area (Å²) in [6.45, 7) is 1.33. The molecule has 2 aromatic carbocycles. The van der Waals surface area contributed by atoms with E-state index in [-0.39, 0.29) is 0 Å². The first kappa shape index (κ1) is 23.1. The third kappa shape index (κ3) is 5.02. The number of aliphatic carboxylic acids is 2. The number of H-pyrrole nitrogens is 1. The highest BCUT2D eigenvalue weighted by atomic mass is 19.4. The maximum atomic E-state index is 12.0. The molecule has 7 nitrogen and oxygen atoms in total. The second-order valence-corrected chi connectivity index (χ2v) is 7.18. The standard InChI is InChI=1S/C20H20N2O3.C2HF3O2/c1-25-14-7-8-17-16(11-14)15-9-10-22(12-13-5-3-2-4-6-13)19(20(23)24)18(15)21-17;3-2(4,5)1(6)7/h2-8,11,19,21H,9-10,12H2,1H3,(H,23,24);(H,6,7). The zero-order valence-corrected chi connectivity index (χ0v) is 17.0. The molecule has 0 bridgehead atoms. The highest BCUT2D eigenvalue weighted by Crippen LogP contribution is 2.36. The van der Waals surface area contributed by atoms with Crippen LogP contribution in [0.3, 0.4) is 0 Å². The third-order valence-electron chi connectivity index (χ3n) is 5.14. The fraction of sp³-hybridized carbons (Fsp3) is 0.273. The molecule has 0 radical (unpaired) electrons. The number of methoxy groups -OCH3 is 1. The van der Waals surface area contributed by atoms with Crippen molar-refractivity contribution in [1.29, 1.82) is 0 Å². The summed E-state index contributed by atoms with van der Waals surface area (Å²) in [5, 5.41) is 18.1. The number of ether oxygens (including phenoxy) is 1. The topological polar surface area (TPSA) is 103 Å². The SMILES string of the molecule is COc1ccc2[nH]c3c(c2c1)CCN(Cc1ccccc1)C3C(=O)O.O=C(O)C(F)(F)F. The van der Waals surface area contributed by atoms with Crippen LogP contribution < -0.4 is 4.74 Å². The summed E-state index contributed by atoms with van der Waals surface area (Å²) in [6, 6.07) is 15.2. The van der Waals surface area contributed by atoms with Crippen LogP contribution in [0.15, 0.2) is 48.5 Å². The Morgan fingerprint density at radius 3 is 2.38 bits per heavy atom. The van der Waals surface area contributed by atoms with Gasteiger partial charge in [0.15, 0.2) is 0 Å². The Labute approximate surface area is 181 Å². The molecular formula is C22H21F3N2O5. The van der Waals surface area contributed by atoms with E-state index < -0.39 is 24.2 Å². The Balaban J connectivity index is 0.000000360. The Bertz CT molecular complexity index is 1110. The normalized spacial score (nSPS) is 16.1. The molecule has 1 aliphatic heterocycles. The number of halogens is 3. The number of nitrogens with one attached hydrogen (secondary N) is 1. The lowest BCUT2D eigenvalue weighted by Gasteiger charge is -2.33. The van der Waals surface area contributed by atoms with Gasteiger partial charge in [-0.05, 0) is 35.7 Å². The van der Waals surface area contributed by atoms with E-state index >= 15 is 0 Å². The predicted octanol–water partition coefficient (Wildman–Crippen LogP) is 3.99. The number of carboxylic acid groups (broad SMARTS) is 2. The largest absolute Gasteiger partial charge is 0.497 e. The average Bonchev–Trinajstić information content (AvgIpc) is 3.11. The van der Waals surface area contributed by atoms with Gasteiger partial charge in [0.1, 0.15) is 11.8 Å². The second-order valence-electron chi connectivity index (χ2n) is 7.18. The van der Waals surface area contributed by atoms with Crippen LogP contribution in [0.25, 0.3) is 10.9 Å². The van der Waals surface area contributed by atoms with E-state index in [0.29, 0.717) is 13.1 Å². The van der Waals surface area contributed by atoms with Gasteiger partial charge in [-0.2, -0.15) is 13.2 Å². The van der Waals surface area contributed by atoms with E-state index in [4.69, 9.17) is 14.6 Å². The minimum absolute atomic E-state index is 0.621. The monoisotopic (exact) mass is 450 g/mol. The number of carbonyl (C=O) groups is 2. The van der Waals surface area contributed by atoms with Crippen LogP contribution in [0.4, 0.5) is 13.2 Å². The summed E-state index contributed by atoms with van der Waals surface area (Å²) < 4.78 is 37.1. The van der Waals surface area contributed by atoms with E-state index in [0.717, 1.165) is 39.9 Å².